The fourth-order valence-electron chi connectivity index (χ4n) is 2.29. The zero-order valence-electron chi connectivity index (χ0n) is 14.2. The zero-order valence-corrected chi connectivity index (χ0v) is 15.0. The molecule has 6 heteroatoms. The van der Waals surface area contributed by atoms with Gasteiger partial charge in [0.05, 0.1) is 0 Å². The molecular formula is C19H20N3O2S+. The van der Waals surface area contributed by atoms with Crippen LogP contribution in [0.5, 0.6) is 0 Å². The van der Waals surface area contributed by atoms with Gasteiger partial charge >= 0.3 is 10.9 Å². The molecule has 128 valence electrons. The Hall–Kier alpha value is -2.60. The molecule has 5 nitrogen and oxygen atoms in total. The minimum atomic E-state index is -0.214. The average Bonchev–Trinajstić information content (AvgIpc) is 3.04. The molecule has 0 fully saturated rings. The van der Waals surface area contributed by atoms with Crippen molar-refractivity contribution in [2.45, 2.75) is 30.7 Å². The van der Waals surface area contributed by atoms with E-state index in [0.29, 0.717) is 11.4 Å². The number of benzene rings is 2. The second-order valence-corrected chi connectivity index (χ2v) is 6.80. The number of anilines is 1. The van der Waals surface area contributed by atoms with E-state index in [-0.39, 0.29) is 11.9 Å². The standard InChI is InChI=1S/C19H19N3O2S/c1-14(2)22-19(25-13-15-9-5-3-6-10-15)18(24-21-22)20-17(23)16-11-7-4-8-12-16/h3-12,14H,13H2,1-2H3/p+1. The summed E-state index contributed by atoms with van der Waals surface area (Å²) in [5.41, 5.74) is 1.78. The molecular weight excluding hydrogens is 334 g/mol. The summed E-state index contributed by atoms with van der Waals surface area (Å²) in [5, 5.41) is 7.72. The van der Waals surface area contributed by atoms with E-state index in [2.05, 4.69) is 22.7 Å². The minimum Gasteiger partial charge on any atom is -0.284 e. The van der Waals surface area contributed by atoms with E-state index in [4.69, 9.17) is 4.52 Å². The van der Waals surface area contributed by atoms with E-state index in [0.717, 1.165) is 10.8 Å². The molecule has 0 spiro atoms. The van der Waals surface area contributed by atoms with Crippen LogP contribution in [0, 0.1) is 0 Å². The quantitative estimate of drug-likeness (QED) is 0.535. The number of thioether (sulfide) groups is 1. The Morgan fingerprint density at radius 2 is 1.76 bits per heavy atom. The molecule has 1 heterocycles. The molecule has 0 radical (unpaired) electrons. The third-order valence-electron chi connectivity index (χ3n) is 3.59. The predicted octanol–water partition coefficient (Wildman–Crippen LogP) is 4.09. The van der Waals surface area contributed by atoms with Gasteiger partial charge in [0.25, 0.3) is 5.91 Å². The number of nitrogens with one attached hydrogen (secondary N) is 1. The molecule has 3 aromatic rings. The van der Waals surface area contributed by atoms with E-state index >= 15 is 0 Å². The van der Waals surface area contributed by atoms with Crippen molar-refractivity contribution >= 4 is 23.6 Å². The van der Waals surface area contributed by atoms with E-state index in [1.807, 2.05) is 50.2 Å². The normalized spacial score (nSPS) is 10.8. The molecule has 1 aromatic heterocycles. The van der Waals surface area contributed by atoms with E-state index in [9.17, 15) is 4.79 Å². The molecule has 0 atom stereocenters. The first-order chi connectivity index (χ1) is 12.1. The van der Waals surface area contributed by atoms with Gasteiger partial charge in [0.15, 0.2) is 6.04 Å². The number of hydrogen-bond donors (Lipinski definition) is 1. The molecule has 25 heavy (non-hydrogen) atoms. The first-order valence-electron chi connectivity index (χ1n) is 8.10. The Morgan fingerprint density at radius 3 is 2.40 bits per heavy atom. The van der Waals surface area contributed by atoms with Gasteiger partial charge in [-0.2, -0.15) is 0 Å². The zero-order chi connectivity index (χ0) is 17.6. The number of amides is 1. The number of rotatable bonds is 6. The Labute approximate surface area is 151 Å². The number of carbonyl (C=O) groups is 1. The summed E-state index contributed by atoms with van der Waals surface area (Å²) in [7, 11) is 0. The van der Waals surface area contributed by atoms with Crippen LogP contribution >= 0.6 is 11.8 Å². The highest BCUT2D eigenvalue weighted by molar-refractivity contribution is 7.98. The fraction of sp³-hybridized carbons (Fsp3) is 0.211. The van der Waals surface area contributed by atoms with Gasteiger partial charge < -0.3 is 0 Å². The third kappa shape index (κ3) is 4.28. The number of aromatic nitrogens is 2. The molecule has 0 saturated heterocycles. The fourth-order valence-corrected chi connectivity index (χ4v) is 3.38. The number of carbonyl (C=O) groups excluding carboxylic acids is 1. The lowest BCUT2D eigenvalue weighted by Crippen LogP contribution is -2.40. The number of nitrogens with zero attached hydrogens (tertiary/aromatic N) is 2. The van der Waals surface area contributed by atoms with Gasteiger partial charge in [-0.15, -0.1) is 0 Å². The van der Waals surface area contributed by atoms with Crippen molar-refractivity contribution in [3.8, 4) is 0 Å². The van der Waals surface area contributed by atoms with E-state index in [1.165, 1.54) is 5.56 Å². The smallest absolute Gasteiger partial charge is 0.284 e. The third-order valence-corrected chi connectivity index (χ3v) is 4.72. The highest BCUT2D eigenvalue weighted by Crippen LogP contribution is 2.28. The van der Waals surface area contributed by atoms with Gasteiger partial charge in [-0.05, 0) is 34.1 Å². The van der Waals surface area contributed by atoms with Crippen LogP contribution in [0.3, 0.4) is 0 Å². The van der Waals surface area contributed by atoms with Crippen LogP contribution in [-0.4, -0.2) is 11.2 Å². The second-order valence-electron chi connectivity index (χ2n) is 5.84. The summed E-state index contributed by atoms with van der Waals surface area (Å²) in [6.07, 6.45) is 0. The van der Waals surface area contributed by atoms with E-state index in [1.54, 1.807) is 28.6 Å². The van der Waals surface area contributed by atoms with Crippen molar-refractivity contribution in [3.63, 3.8) is 0 Å². The Kier molecular flexibility index (Phi) is 5.50. The SMILES string of the molecule is CC(C)[n+]1noc(NC(=O)c2ccccc2)c1SCc1ccccc1. The van der Waals surface area contributed by atoms with Crippen molar-refractivity contribution in [3.05, 3.63) is 71.8 Å². The lowest BCUT2D eigenvalue weighted by molar-refractivity contribution is -0.809. The van der Waals surface area contributed by atoms with E-state index < -0.39 is 0 Å². The largest absolute Gasteiger partial charge is 0.333 e. The first kappa shape index (κ1) is 17.2. The highest BCUT2D eigenvalue weighted by atomic mass is 32.2. The summed E-state index contributed by atoms with van der Waals surface area (Å²) in [6, 6.07) is 19.3. The summed E-state index contributed by atoms with van der Waals surface area (Å²) in [5.74, 6) is 0.931. The minimum absolute atomic E-state index is 0.129. The molecule has 1 N–H and O–H groups in total. The molecule has 3 rings (SSSR count). The first-order valence-corrected chi connectivity index (χ1v) is 9.08. The van der Waals surface area contributed by atoms with Gasteiger partial charge in [-0.3, -0.25) is 14.6 Å². The maximum absolute atomic E-state index is 12.4. The molecule has 2 aromatic carbocycles. The topological polar surface area (TPSA) is 59.0 Å². The second kappa shape index (κ2) is 7.98. The van der Waals surface area contributed by atoms with Crippen molar-refractivity contribution in [2.24, 2.45) is 0 Å². The van der Waals surface area contributed by atoms with Crippen LogP contribution in [0.15, 0.2) is 70.2 Å². The van der Waals surface area contributed by atoms with Crippen molar-refractivity contribution in [2.75, 3.05) is 5.32 Å². The summed E-state index contributed by atoms with van der Waals surface area (Å²) >= 11 is 1.59. The highest BCUT2D eigenvalue weighted by Gasteiger charge is 2.29. The molecule has 0 aliphatic carbocycles. The molecule has 0 aliphatic rings. The van der Waals surface area contributed by atoms with Gasteiger partial charge in [0.2, 0.25) is 5.27 Å². The number of hydrogen-bond acceptors (Lipinski definition) is 4. The van der Waals surface area contributed by atoms with Crippen molar-refractivity contribution < 1.29 is 14.0 Å². The van der Waals surface area contributed by atoms with Crippen LogP contribution in [0.1, 0.15) is 35.8 Å². The molecule has 1 amide bonds. The summed E-state index contributed by atoms with van der Waals surface area (Å²) < 4.78 is 7.18. The molecule has 0 bridgehead atoms. The Bertz CT molecular complexity index is 832. The van der Waals surface area contributed by atoms with Crippen LogP contribution < -0.4 is 10.00 Å². The lowest BCUT2D eigenvalue weighted by atomic mass is 10.2. The van der Waals surface area contributed by atoms with Gasteiger partial charge in [-0.1, -0.05) is 48.5 Å². The molecule has 0 unspecified atom stereocenters. The van der Waals surface area contributed by atoms with Gasteiger partial charge in [-0.25, -0.2) is 0 Å². The van der Waals surface area contributed by atoms with Crippen LogP contribution in [0.2, 0.25) is 0 Å². The Balaban J connectivity index is 1.80. The van der Waals surface area contributed by atoms with Crippen LogP contribution in [-0.2, 0) is 5.75 Å². The van der Waals surface area contributed by atoms with Crippen molar-refractivity contribution in [1.82, 2.24) is 5.27 Å². The summed E-state index contributed by atoms with van der Waals surface area (Å²) in [4.78, 5) is 12.4. The average molecular weight is 354 g/mol. The van der Waals surface area contributed by atoms with Gasteiger partial charge in [0, 0.05) is 25.2 Å². The van der Waals surface area contributed by atoms with Gasteiger partial charge in [0.1, 0.15) is 0 Å². The Morgan fingerprint density at radius 1 is 1.12 bits per heavy atom. The monoisotopic (exact) mass is 354 g/mol. The lowest BCUT2D eigenvalue weighted by Gasteiger charge is -2.02. The maximum atomic E-state index is 12.4. The van der Waals surface area contributed by atoms with Crippen molar-refractivity contribution in [1.29, 1.82) is 0 Å². The predicted molar refractivity (Wildman–Crippen MR) is 97.5 cm³/mol. The molecule has 0 saturated carbocycles. The molecule has 0 aliphatic heterocycles. The summed E-state index contributed by atoms with van der Waals surface area (Å²) in [6.45, 7) is 4.05. The van der Waals surface area contributed by atoms with Crippen LogP contribution in [0.4, 0.5) is 5.88 Å². The maximum Gasteiger partial charge on any atom is 0.333 e. The van der Waals surface area contributed by atoms with Crippen LogP contribution in [0.25, 0.3) is 0 Å².